The van der Waals surface area contributed by atoms with Crippen LogP contribution in [0, 0.1) is 10.1 Å². The van der Waals surface area contributed by atoms with Crippen molar-refractivity contribution in [3.05, 3.63) is 32.3 Å². The first-order chi connectivity index (χ1) is 16.8. The quantitative estimate of drug-likeness (QED) is 0.213. The van der Waals surface area contributed by atoms with Crippen molar-refractivity contribution in [3.63, 3.8) is 0 Å². The summed E-state index contributed by atoms with van der Waals surface area (Å²) in [6.45, 7) is 3.53. The molecule has 2 aromatic rings. The second-order valence-corrected chi connectivity index (χ2v) is 9.36. The molecule has 190 valence electrons. The molecule has 35 heavy (non-hydrogen) atoms. The largest absolute Gasteiger partial charge is 0.475 e. The van der Waals surface area contributed by atoms with Gasteiger partial charge in [0, 0.05) is 4.88 Å². The highest BCUT2D eigenvalue weighted by Gasteiger charge is 2.27. The van der Waals surface area contributed by atoms with Crippen molar-refractivity contribution in [1.29, 1.82) is 0 Å². The summed E-state index contributed by atoms with van der Waals surface area (Å²) < 4.78 is 11.3. The predicted octanol–water partition coefficient (Wildman–Crippen LogP) is 3.28. The van der Waals surface area contributed by atoms with Crippen molar-refractivity contribution in [1.82, 2.24) is 20.6 Å². The molecular formula is C21H28N6O6S2. The topological polar surface area (TPSA) is 150 Å². The number of ether oxygens (including phenoxy) is 2. The molecule has 14 heteroatoms. The third-order valence-corrected chi connectivity index (χ3v) is 6.93. The van der Waals surface area contributed by atoms with Crippen LogP contribution in [0.2, 0.25) is 0 Å². The number of rotatable bonds is 7. The van der Waals surface area contributed by atoms with Gasteiger partial charge in [0.05, 0.1) is 24.2 Å². The minimum atomic E-state index is -0.899. The third-order valence-electron chi connectivity index (χ3n) is 5.52. The van der Waals surface area contributed by atoms with E-state index < -0.39 is 22.8 Å². The number of carbonyl (C=O) groups is 2. The number of nitro groups is 1. The Morgan fingerprint density at radius 1 is 1.29 bits per heavy atom. The molecule has 3 rings (SSSR count). The molecule has 0 aliphatic heterocycles. The van der Waals surface area contributed by atoms with E-state index in [0.717, 1.165) is 59.8 Å². The number of anilines is 1. The van der Waals surface area contributed by atoms with Crippen LogP contribution in [0.15, 0.2) is 6.20 Å². The third kappa shape index (κ3) is 6.25. The zero-order chi connectivity index (χ0) is 25.5. The van der Waals surface area contributed by atoms with Gasteiger partial charge < -0.3 is 14.8 Å². The number of nitrogens with one attached hydrogen (secondary N) is 3. The van der Waals surface area contributed by atoms with E-state index in [1.54, 1.807) is 6.92 Å². The first kappa shape index (κ1) is 26.3. The van der Waals surface area contributed by atoms with Crippen LogP contribution >= 0.6 is 23.6 Å². The van der Waals surface area contributed by atoms with Crippen molar-refractivity contribution < 1.29 is 24.0 Å². The first-order valence-electron chi connectivity index (χ1n) is 11.2. The molecule has 3 N–H and O–H groups in total. The lowest BCUT2D eigenvalue weighted by Gasteiger charge is -2.15. The number of aryl methyl sites for hydroxylation is 1. The van der Waals surface area contributed by atoms with Crippen LogP contribution in [0.25, 0.3) is 0 Å². The van der Waals surface area contributed by atoms with Crippen LogP contribution in [-0.2, 0) is 22.4 Å². The summed E-state index contributed by atoms with van der Waals surface area (Å²) in [5.74, 6) is -1.14. The van der Waals surface area contributed by atoms with E-state index in [-0.39, 0.29) is 23.3 Å². The average Bonchev–Trinajstić information content (AvgIpc) is 3.38. The minimum Gasteiger partial charge on any atom is -0.475 e. The van der Waals surface area contributed by atoms with E-state index in [2.05, 4.69) is 21.3 Å². The second-order valence-electron chi connectivity index (χ2n) is 7.85. The predicted molar refractivity (Wildman–Crippen MR) is 134 cm³/mol. The van der Waals surface area contributed by atoms with Gasteiger partial charge in [-0.25, -0.2) is 9.48 Å². The molecule has 0 saturated carbocycles. The number of amides is 1. The van der Waals surface area contributed by atoms with E-state index in [1.165, 1.54) is 25.4 Å². The highest BCUT2D eigenvalue weighted by molar-refractivity contribution is 7.80. The minimum absolute atomic E-state index is 0.0781. The Kier molecular flexibility index (Phi) is 8.98. The van der Waals surface area contributed by atoms with Gasteiger partial charge in [0.1, 0.15) is 17.2 Å². The van der Waals surface area contributed by atoms with Crippen molar-refractivity contribution in [2.75, 3.05) is 19.0 Å². The number of methoxy groups -OCH3 is 1. The molecule has 0 spiro atoms. The summed E-state index contributed by atoms with van der Waals surface area (Å²) >= 11 is 6.80. The molecule has 12 nitrogen and oxygen atoms in total. The summed E-state index contributed by atoms with van der Waals surface area (Å²) in [7, 11) is 1.26. The van der Waals surface area contributed by atoms with Gasteiger partial charge >= 0.3 is 17.5 Å². The summed E-state index contributed by atoms with van der Waals surface area (Å²) in [5.41, 5.74) is 6.22. The lowest BCUT2D eigenvalue weighted by Crippen LogP contribution is -2.46. The normalized spacial score (nSPS) is 14.0. The lowest BCUT2D eigenvalue weighted by atomic mass is 9.96. The molecule has 0 bridgehead atoms. The second kappa shape index (κ2) is 11.9. The number of fused-ring (bicyclic) bond motifs is 1. The molecule has 1 atom stereocenters. The molecule has 0 saturated heterocycles. The van der Waals surface area contributed by atoms with E-state index in [1.807, 2.05) is 0 Å². The zero-order valence-electron chi connectivity index (χ0n) is 19.7. The Balaban J connectivity index is 1.69. The standard InChI is InChI=1S/C21H28N6O6S2/c1-4-33-20(29)16-13-9-7-5-6-8-10-15(13)35-19(16)22-21(34)24-23-17(28)12(2)26-11-14(27(30)31)18(25-26)32-3/h11-12H,4-10H2,1-3H3,(H,23,28)(H2,22,24,34)/t12-/m1/s1. The Labute approximate surface area is 211 Å². The van der Waals surface area contributed by atoms with Gasteiger partial charge in [-0.15, -0.1) is 16.4 Å². The Hall–Kier alpha value is -3.26. The number of hydrazine groups is 1. The van der Waals surface area contributed by atoms with Crippen LogP contribution in [0.1, 0.15) is 66.4 Å². The molecule has 0 unspecified atom stereocenters. The summed E-state index contributed by atoms with van der Waals surface area (Å²) in [4.78, 5) is 36.9. The van der Waals surface area contributed by atoms with Gasteiger partial charge in [-0.1, -0.05) is 12.8 Å². The van der Waals surface area contributed by atoms with Gasteiger partial charge in [-0.05, 0) is 57.3 Å². The molecule has 1 aliphatic carbocycles. The number of aromatic nitrogens is 2. The van der Waals surface area contributed by atoms with E-state index in [4.69, 9.17) is 21.7 Å². The van der Waals surface area contributed by atoms with Crippen molar-refractivity contribution in [2.24, 2.45) is 0 Å². The highest BCUT2D eigenvalue weighted by atomic mass is 32.1. The molecule has 2 heterocycles. The van der Waals surface area contributed by atoms with Gasteiger partial charge in [0.2, 0.25) is 0 Å². The smallest absolute Gasteiger partial charge is 0.350 e. The van der Waals surface area contributed by atoms with E-state index >= 15 is 0 Å². The van der Waals surface area contributed by atoms with Crippen molar-refractivity contribution in [3.8, 4) is 5.88 Å². The molecular weight excluding hydrogens is 496 g/mol. The van der Waals surface area contributed by atoms with Gasteiger partial charge in [-0.2, -0.15) is 0 Å². The maximum Gasteiger partial charge on any atom is 0.350 e. The Morgan fingerprint density at radius 2 is 2.00 bits per heavy atom. The highest BCUT2D eigenvalue weighted by Crippen LogP contribution is 2.37. The number of thiophene rings is 1. The van der Waals surface area contributed by atoms with Crippen LogP contribution in [-0.4, -0.2) is 45.4 Å². The van der Waals surface area contributed by atoms with Gasteiger partial charge in [-0.3, -0.25) is 25.8 Å². The maximum absolute atomic E-state index is 12.7. The fourth-order valence-electron chi connectivity index (χ4n) is 3.74. The summed E-state index contributed by atoms with van der Waals surface area (Å²) in [5, 5.41) is 18.7. The monoisotopic (exact) mass is 524 g/mol. The number of thiocarbonyl (C=S) groups is 1. The molecule has 0 radical (unpaired) electrons. The number of carbonyl (C=O) groups excluding carboxylic acids is 2. The van der Waals surface area contributed by atoms with Crippen molar-refractivity contribution in [2.45, 2.75) is 58.4 Å². The first-order valence-corrected chi connectivity index (χ1v) is 12.4. The van der Waals surface area contributed by atoms with Crippen LogP contribution in [0.3, 0.4) is 0 Å². The summed E-state index contributed by atoms with van der Waals surface area (Å²) in [6, 6.07) is -0.899. The number of hydrogen-bond donors (Lipinski definition) is 3. The molecule has 0 aromatic carbocycles. The van der Waals surface area contributed by atoms with E-state index in [0.29, 0.717) is 10.6 Å². The maximum atomic E-state index is 12.7. The SMILES string of the molecule is CCOC(=O)c1c(NC(=S)NNC(=O)[C@@H](C)n2cc([N+](=O)[O-])c(OC)n2)sc2c1CCCCCC2. The molecule has 1 aliphatic rings. The fraction of sp³-hybridized carbons (Fsp3) is 0.524. The van der Waals surface area contributed by atoms with E-state index in [9.17, 15) is 19.7 Å². The van der Waals surface area contributed by atoms with Gasteiger partial charge in [0.15, 0.2) is 5.11 Å². The summed E-state index contributed by atoms with van der Waals surface area (Å²) in [6.07, 6.45) is 7.15. The van der Waals surface area contributed by atoms with Gasteiger partial charge in [0.25, 0.3) is 5.91 Å². The van der Waals surface area contributed by atoms with Crippen LogP contribution in [0.4, 0.5) is 10.7 Å². The Morgan fingerprint density at radius 3 is 2.63 bits per heavy atom. The molecule has 2 aromatic heterocycles. The van der Waals surface area contributed by atoms with Crippen LogP contribution in [0.5, 0.6) is 5.88 Å². The lowest BCUT2D eigenvalue weighted by molar-refractivity contribution is -0.385. The van der Waals surface area contributed by atoms with Crippen molar-refractivity contribution >= 4 is 51.2 Å². The molecule has 1 amide bonds. The number of esters is 1. The number of nitrogens with zero attached hydrogens (tertiary/aromatic N) is 3. The fourth-order valence-corrected chi connectivity index (χ4v) is 5.24. The Bertz CT molecular complexity index is 1110. The average molecular weight is 525 g/mol. The molecule has 0 fully saturated rings. The zero-order valence-corrected chi connectivity index (χ0v) is 21.3. The van der Waals surface area contributed by atoms with Crippen LogP contribution < -0.4 is 20.9 Å². The number of hydrogen-bond acceptors (Lipinski definition) is 9.